The number of aliphatic hydroxyl groups is 1. The van der Waals surface area contributed by atoms with Crippen molar-refractivity contribution in [1.82, 2.24) is 4.90 Å². The Labute approximate surface area is 219 Å². The highest BCUT2D eigenvalue weighted by Crippen LogP contribution is 2.41. The first-order valence-corrected chi connectivity index (χ1v) is 12.1. The van der Waals surface area contributed by atoms with Gasteiger partial charge in [0, 0.05) is 19.2 Å². The molecule has 1 heterocycles. The molecule has 1 amide bonds. The second-order valence-corrected chi connectivity index (χ2v) is 9.28. The highest BCUT2D eigenvalue weighted by molar-refractivity contribution is 6.46. The van der Waals surface area contributed by atoms with Gasteiger partial charge in [-0.2, -0.15) is 0 Å². The lowest BCUT2D eigenvalue weighted by atomic mass is 9.95. The van der Waals surface area contributed by atoms with Crippen molar-refractivity contribution >= 4 is 40.7 Å². The summed E-state index contributed by atoms with van der Waals surface area (Å²) in [6.07, 6.45) is 0. The van der Waals surface area contributed by atoms with Gasteiger partial charge in [-0.25, -0.2) is 0 Å². The maximum absolute atomic E-state index is 13.0. The zero-order valence-corrected chi connectivity index (χ0v) is 21.3. The number of benzene rings is 3. The Morgan fingerprint density at radius 2 is 1.75 bits per heavy atom. The molecule has 1 saturated heterocycles. The summed E-state index contributed by atoms with van der Waals surface area (Å²) in [7, 11) is 1.51. The normalized spacial score (nSPS) is 17.0. The molecule has 0 bridgehead atoms. The zero-order valence-electron chi connectivity index (χ0n) is 19.8. The van der Waals surface area contributed by atoms with E-state index >= 15 is 0 Å². The topological polar surface area (TPSA) is 76.1 Å². The van der Waals surface area contributed by atoms with Crippen LogP contribution >= 0.6 is 23.2 Å². The van der Waals surface area contributed by atoms with Crippen LogP contribution in [0.1, 0.15) is 28.3 Å². The summed E-state index contributed by atoms with van der Waals surface area (Å²) < 4.78 is 11.0. The quantitative estimate of drug-likeness (QED) is 0.223. The van der Waals surface area contributed by atoms with Gasteiger partial charge in [-0.15, -0.1) is 0 Å². The van der Waals surface area contributed by atoms with Crippen molar-refractivity contribution in [2.45, 2.75) is 19.6 Å². The van der Waals surface area contributed by atoms with Gasteiger partial charge in [0.15, 0.2) is 0 Å². The van der Waals surface area contributed by atoms with Gasteiger partial charge in [-0.3, -0.25) is 9.59 Å². The molecule has 0 saturated carbocycles. The lowest BCUT2D eigenvalue weighted by Gasteiger charge is -2.25. The van der Waals surface area contributed by atoms with Crippen LogP contribution < -0.4 is 4.74 Å². The van der Waals surface area contributed by atoms with Crippen LogP contribution in [0.15, 0.2) is 72.3 Å². The molecule has 36 heavy (non-hydrogen) atoms. The van der Waals surface area contributed by atoms with Crippen molar-refractivity contribution in [2.75, 3.05) is 20.3 Å². The molecule has 0 aliphatic carbocycles. The Morgan fingerprint density at radius 1 is 1.00 bits per heavy atom. The number of ether oxygens (including phenoxy) is 2. The van der Waals surface area contributed by atoms with Gasteiger partial charge in [-0.05, 0) is 54.4 Å². The third-order valence-electron chi connectivity index (χ3n) is 5.95. The summed E-state index contributed by atoms with van der Waals surface area (Å²) >= 11 is 12.3. The number of methoxy groups -OCH3 is 1. The molecule has 1 fully saturated rings. The van der Waals surface area contributed by atoms with Crippen LogP contribution in [0.5, 0.6) is 5.75 Å². The molecule has 1 N–H and O–H groups in total. The van der Waals surface area contributed by atoms with Crippen molar-refractivity contribution in [2.24, 2.45) is 0 Å². The minimum atomic E-state index is -0.841. The van der Waals surface area contributed by atoms with E-state index in [1.807, 2.05) is 31.2 Å². The fraction of sp³-hybridized carbons (Fsp3) is 0.214. The standard InChI is InChI=1S/C28H25Cl2NO5/c1-17-4-3-5-18(14-17)16-36-21-9-6-19(7-10-21)26(32)24-25(20-8-11-22(29)23(30)15-20)31(12-13-35-2)28(34)27(24)33/h3-11,14-15,25,32H,12-13,16H2,1-2H3. The van der Waals surface area contributed by atoms with Crippen LogP contribution in [0.3, 0.4) is 0 Å². The lowest BCUT2D eigenvalue weighted by Crippen LogP contribution is -2.32. The summed E-state index contributed by atoms with van der Waals surface area (Å²) in [5, 5.41) is 11.8. The molecule has 1 aliphatic rings. The maximum Gasteiger partial charge on any atom is 0.295 e. The number of nitrogens with zero attached hydrogens (tertiary/aromatic N) is 1. The summed E-state index contributed by atoms with van der Waals surface area (Å²) in [5.74, 6) is -1.17. The fourth-order valence-electron chi connectivity index (χ4n) is 4.16. The Kier molecular flexibility index (Phi) is 7.99. The van der Waals surface area contributed by atoms with Crippen molar-refractivity contribution in [3.05, 3.63) is 105 Å². The zero-order chi connectivity index (χ0) is 25.8. The Bertz CT molecular complexity index is 1320. The van der Waals surface area contributed by atoms with Crippen LogP contribution in [-0.2, 0) is 20.9 Å². The van der Waals surface area contributed by atoms with Gasteiger partial charge in [-0.1, -0.05) is 59.1 Å². The van der Waals surface area contributed by atoms with E-state index in [2.05, 4.69) is 0 Å². The molecule has 3 aromatic carbocycles. The summed E-state index contributed by atoms with van der Waals surface area (Å²) in [5.41, 5.74) is 3.10. The van der Waals surface area contributed by atoms with Crippen molar-refractivity contribution < 1.29 is 24.2 Å². The Morgan fingerprint density at radius 3 is 2.42 bits per heavy atom. The van der Waals surface area contributed by atoms with E-state index in [0.717, 1.165) is 11.1 Å². The molecular formula is C28H25Cl2NO5. The minimum Gasteiger partial charge on any atom is -0.507 e. The number of Topliss-reactive ketones (excluding diaryl/α,β-unsaturated/α-hetero) is 1. The van der Waals surface area contributed by atoms with Gasteiger partial charge in [0.25, 0.3) is 11.7 Å². The van der Waals surface area contributed by atoms with E-state index in [1.165, 1.54) is 12.0 Å². The molecule has 0 spiro atoms. The van der Waals surface area contributed by atoms with Crippen LogP contribution in [0, 0.1) is 6.92 Å². The van der Waals surface area contributed by atoms with Crippen LogP contribution in [-0.4, -0.2) is 42.0 Å². The minimum absolute atomic E-state index is 0.0251. The first kappa shape index (κ1) is 25.8. The van der Waals surface area contributed by atoms with Crippen LogP contribution in [0.25, 0.3) is 5.76 Å². The number of carbonyl (C=O) groups excluding carboxylic acids is 2. The molecule has 1 aliphatic heterocycles. The predicted molar refractivity (Wildman–Crippen MR) is 139 cm³/mol. The number of hydrogen-bond acceptors (Lipinski definition) is 5. The molecule has 0 aromatic heterocycles. The first-order valence-electron chi connectivity index (χ1n) is 11.3. The second-order valence-electron chi connectivity index (χ2n) is 8.46. The van der Waals surface area contributed by atoms with E-state index in [0.29, 0.717) is 28.5 Å². The highest BCUT2D eigenvalue weighted by atomic mass is 35.5. The van der Waals surface area contributed by atoms with Crippen molar-refractivity contribution in [3.63, 3.8) is 0 Å². The summed E-state index contributed by atoms with van der Waals surface area (Å²) in [6, 6.07) is 18.8. The van der Waals surface area contributed by atoms with E-state index in [1.54, 1.807) is 42.5 Å². The number of halogens is 2. The molecule has 1 unspecified atom stereocenters. The Balaban J connectivity index is 1.66. The summed E-state index contributed by atoms with van der Waals surface area (Å²) in [6.45, 7) is 2.80. The molecule has 4 rings (SSSR count). The van der Waals surface area contributed by atoms with Gasteiger partial charge < -0.3 is 19.5 Å². The number of ketones is 1. The number of likely N-dealkylation sites (tertiary alicyclic amines) is 1. The number of amides is 1. The molecule has 8 heteroatoms. The molecule has 3 aromatic rings. The van der Waals surface area contributed by atoms with Crippen molar-refractivity contribution in [1.29, 1.82) is 0 Å². The van der Waals surface area contributed by atoms with Crippen LogP contribution in [0.4, 0.5) is 0 Å². The lowest BCUT2D eigenvalue weighted by molar-refractivity contribution is -0.140. The Hall–Kier alpha value is -3.32. The summed E-state index contributed by atoms with van der Waals surface area (Å²) in [4.78, 5) is 27.3. The largest absolute Gasteiger partial charge is 0.507 e. The maximum atomic E-state index is 13.0. The van der Waals surface area contributed by atoms with Crippen molar-refractivity contribution in [3.8, 4) is 5.75 Å². The smallest absolute Gasteiger partial charge is 0.295 e. The average molecular weight is 526 g/mol. The number of carbonyl (C=O) groups is 2. The van der Waals surface area contributed by atoms with E-state index in [-0.39, 0.29) is 29.5 Å². The van der Waals surface area contributed by atoms with Gasteiger partial charge in [0.2, 0.25) is 0 Å². The number of aliphatic hydroxyl groups excluding tert-OH is 1. The third-order valence-corrected chi connectivity index (χ3v) is 6.69. The SMILES string of the molecule is COCCN1C(=O)C(=O)C(=C(O)c2ccc(OCc3cccc(C)c3)cc2)C1c1ccc(Cl)c(Cl)c1. The third kappa shape index (κ3) is 5.41. The van der Waals surface area contributed by atoms with E-state index < -0.39 is 17.7 Å². The number of rotatable bonds is 8. The second kappa shape index (κ2) is 11.2. The molecule has 1 atom stereocenters. The fourth-order valence-corrected chi connectivity index (χ4v) is 4.47. The van der Waals surface area contributed by atoms with Crippen LogP contribution in [0.2, 0.25) is 10.0 Å². The van der Waals surface area contributed by atoms with E-state index in [9.17, 15) is 14.7 Å². The molecule has 6 nitrogen and oxygen atoms in total. The number of aryl methyl sites for hydroxylation is 1. The first-order chi connectivity index (χ1) is 17.3. The molecular weight excluding hydrogens is 501 g/mol. The molecule has 0 radical (unpaired) electrons. The van der Waals surface area contributed by atoms with Gasteiger partial charge in [0.05, 0.1) is 28.3 Å². The number of hydrogen-bond donors (Lipinski definition) is 1. The molecule has 186 valence electrons. The van der Waals surface area contributed by atoms with E-state index in [4.69, 9.17) is 32.7 Å². The van der Waals surface area contributed by atoms with Gasteiger partial charge >= 0.3 is 0 Å². The average Bonchev–Trinajstić information content (AvgIpc) is 3.12. The monoisotopic (exact) mass is 525 g/mol. The van der Waals surface area contributed by atoms with Gasteiger partial charge in [0.1, 0.15) is 18.1 Å². The predicted octanol–water partition coefficient (Wildman–Crippen LogP) is 5.95. The highest BCUT2D eigenvalue weighted by Gasteiger charge is 2.46.